The van der Waals surface area contributed by atoms with E-state index in [1.165, 1.54) is 30.6 Å². The van der Waals surface area contributed by atoms with Crippen LogP contribution in [0.3, 0.4) is 0 Å². The second kappa shape index (κ2) is 8.29. The van der Waals surface area contributed by atoms with E-state index in [0.717, 1.165) is 23.5 Å². The lowest BCUT2D eigenvalue weighted by Gasteiger charge is -2.17. The molecule has 0 aliphatic heterocycles. The summed E-state index contributed by atoms with van der Waals surface area (Å²) in [6.45, 7) is -0.400. The van der Waals surface area contributed by atoms with Crippen LogP contribution in [0, 0.1) is 5.82 Å². The second-order valence-electron chi connectivity index (χ2n) is 5.63. The van der Waals surface area contributed by atoms with Crippen molar-refractivity contribution in [3.63, 3.8) is 0 Å². The zero-order valence-corrected chi connectivity index (χ0v) is 17.8. The lowest BCUT2D eigenvalue weighted by atomic mass is 10.3. The highest BCUT2D eigenvalue weighted by atomic mass is 32.2. The lowest BCUT2D eigenvalue weighted by Crippen LogP contribution is -2.31. The van der Waals surface area contributed by atoms with Gasteiger partial charge in [-0.3, -0.25) is 0 Å². The summed E-state index contributed by atoms with van der Waals surface area (Å²) in [7, 11) is -6.76. The highest BCUT2D eigenvalue weighted by Crippen LogP contribution is 2.34. The van der Waals surface area contributed by atoms with Crippen molar-refractivity contribution < 1.29 is 26.0 Å². The lowest BCUT2D eigenvalue weighted by molar-refractivity contribution is 0.400. The Kier molecular flexibility index (Phi) is 6.20. The third-order valence-electron chi connectivity index (χ3n) is 3.88. The van der Waals surface area contributed by atoms with Gasteiger partial charge in [0.25, 0.3) is 0 Å². The summed E-state index contributed by atoms with van der Waals surface area (Å²) in [6.07, 6.45) is 0. The van der Waals surface area contributed by atoms with E-state index in [1.807, 2.05) is 0 Å². The Morgan fingerprint density at radius 2 is 1.79 bits per heavy atom. The van der Waals surface area contributed by atoms with Gasteiger partial charge in [-0.1, -0.05) is 12.1 Å². The Hall–Kier alpha value is -1.79. The molecule has 0 amide bonds. The first kappa shape index (κ1) is 20.9. The number of sulfonamides is 1. The summed E-state index contributed by atoms with van der Waals surface area (Å²) in [4.78, 5) is 0.107. The number of thiophene rings is 2. The Morgan fingerprint density at radius 1 is 1.07 bits per heavy atom. The minimum Gasteiger partial charge on any atom is -0.495 e. The summed E-state index contributed by atoms with van der Waals surface area (Å²) in [5, 5.41) is 2.25. The van der Waals surface area contributed by atoms with E-state index in [1.54, 1.807) is 29.0 Å². The Balaban J connectivity index is 1.94. The molecule has 1 aromatic carbocycles. The quantitative estimate of drug-likeness (QED) is 0.555. The first-order valence-electron chi connectivity index (χ1n) is 7.89. The van der Waals surface area contributed by atoms with E-state index in [-0.39, 0.29) is 9.96 Å². The topological polar surface area (TPSA) is 89.5 Å². The van der Waals surface area contributed by atoms with Gasteiger partial charge in [0, 0.05) is 11.4 Å². The predicted molar refractivity (Wildman–Crippen MR) is 107 cm³/mol. The summed E-state index contributed by atoms with van der Waals surface area (Å²) < 4.78 is 72.5. The maximum Gasteiger partial charge on any atom is 0.244 e. The number of methoxy groups -OCH3 is 1. The van der Waals surface area contributed by atoms with Crippen LogP contribution in [0.1, 0.15) is 10.1 Å². The molecule has 2 heterocycles. The van der Waals surface area contributed by atoms with E-state index in [2.05, 4.69) is 4.72 Å². The van der Waals surface area contributed by atoms with Gasteiger partial charge in [0.1, 0.15) is 25.9 Å². The number of hydrogen-bond acceptors (Lipinski definition) is 7. The molecule has 1 N–H and O–H groups in total. The molecule has 3 rings (SSSR count). The molecular weight excluding hydrogens is 445 g/mol. The van der Waals surface area contributed by atoms with Gasteiger partial charge in [-0.25, -0.2) is 25.9 Å². The number of benzene rings is 1. The van der Waals surface area contributed by atoms with Crippen molar-refractivity contribution in [2.75, 3.05) is 13.7 Å². The number of sulfone groups is 1. The van der Waals surface area contributed by atoms with Crippen LogP contribution in [0.25, 0.3) is 0 Å². The van der Waals surface area contributed by atoms with Crippen LogP contribution in [-0.2, 0) is 19.9 Å². The van der Waals surface area contributed by atoms with Crippen LogP contribution in [0.5, 0.6) is 5.75 Å². The van der Waals surface area contributed by atoms with Gasteiger partial charge < -0.3 is 4.74 Å². The highest BCUT2D eigenvalue weighted by Gasteiger charge is 2.33. The van der Waals surface area contributed by atoms with E-state index >= 15 is 0 Å². The molecule has 0 bridgehead atoms. The van der Waals surface area contributed by atoms with Crippen LogP contribution in [0.2, 0.25) is 0 Å². The zero-order valence-electron chi connectivity index (χ0n) is 14.5. The molecule has 0 fully saturated rings. The van der Waals surface area contributed by atoms with Crippen molar-refractivity contribution in [2.45, 2.75) is 14.4 Å². The Labute approximate surface area is 170 Å². The third kappa shape index (κ3) is 4.28. The zero-order chi connectivity index (χ0) is 20.4. The first-order valence-corrected chi connectivity index (χ1v) is 12.7. The minimum absolute atomic E-state index is 0.0392. The van der Waals surface area contributed by atoms with Gasteiger partial charge in [-0.15, -0.1) is 22.7 Å². The van der Waals surface area contributed by atoms with Gasteiger partial charge in [0.05, 0.1) is 7.11 Å². The largest absolute Gasteiger partial charge is 0.495 e. The highest BCUT2D eigenvalue weighted by molar-refractivity contribution is 7.94. The molecule has 2 aromatic heterocycles. The van der Waals surface area contributed by atoms with Crippen molar-refractivity contribution in [3.05, 3.63) is 63.9 Å². The standard InChI is InChI=1S/C17H16FNO5S4/c1-24-13-7-6-12(18)10-15(13)28(22,23)19-11-16(14-4-2-8-25-14)27(20,21)17-5-3-9-26-17/h2-10,16,19H,11H2,1H3/t16-/m1/s1. The molecule has 0 spiro atoms. The minimum atomic E-state index is -4.21. The SMILES string of the molecule is COc1ccc(F)cc1S(=O)(=O)NC[C@H](c1cccs1)S(=O)(=O)c1cccs1. The van der Waals surface area contributed by atoms with Crippen LogP contribution in [0.15, 0.2) is 62.3 Å². The fourth-order valence-electron chi connectivity index (χ4n) is 2.53. The third-order valence-corrected chi connectivity index (χ3v) is 9.98. The Bertz CT molecular complexity index is 1140. The molecule has 0 radical (unpaired) electrons. The number of halogens is 1. The predicted octanol–water partition coefficient (Wildman–Crippen LogP) is 3.45. The number of hydrogen-bond donors (Lipinski definition) is 1. The van der Waals surface area contributed by atoms with Gasteiger partial charge in [0.2, 0.25) is 10.0 Å². The summed E-state index contributed by atoms with van der Waals surface area (Å²) in [6, 6.07) is 9.53. The average Bonchev–Trinajstić information content (AvgIpc) is 3.36. The average molecular weight is 462 g/mol. The van der Waals surface area contributed by atoms with E-state index in [4.69, 9.17) is 4.74 Å². The van der Waals surface area contributed by atoms with Gasteiger partial charge in [-0.2, -0.15) is 0 Å². The summed E-state index contributed by atoms with van der Waals surface area (Å²) in [5.74, 6) is -0.787. The summed E-state index contributed by atoms with van der Waals surface area (Å²) in [5.41, 5.74) is 0. The molecule has 150 valence electrons. The maximum absolute atomic E-state index is 13.6. The first-order chi connectivity index (χ1) is 13.3. The molecule has 0 unspecified atom stereocenters. The van der Waals surface area contributed by atoms with Gasteiger partial charge >= 0.3 is 0 Å². The second-order valence-corrected chi connectivity index (χ2v) is 11.6. The molecular formula is C17H16FNO5S4. The summed E-state index contributed by atoms with van der Waals surface area (Å²) >= 11 is 2.28. The van der Waals surface area contributed by atoms with Crippen LogP contribution < -0.4 is 9.46 Å². The van der Waals surface area contributed by atoms with Crippen molar-refractivity contribution >= 4 is 42.5 Å². The van der Waals surface area contributed by atoms with E-state index < -0.39 is 42.4 Å². The fourth-order valence-corrected chi connectivity index (χ4v) is 7.85. The number of rotatable bonds is 8. The van der Waals surface area contributed by atoms with E-state index in [9.17, 15) is 21.2 Å². The van der Waals surface area contributed by atoms with Crippen LogP contribution in [-0.4, -0.2) is 30.5 Å². The molecule has 11 heteroatoms. The Morgan fingerprint density at radius 3 is 2.39 bits per heavy atom. The molecule has 3 aromatic rings. The molecule has 6 nitrogen and oxygen atoms in total. The van der Waals surface area contributed by atoms with Gasteiger partial charge in [-0.05, 0) is 41.1 Å². The molecule has 0 saturated carbocycles. The van der Waals surface area contributed by atoms with Crippen molar-refractivity contribution in [2.24, 2.45) is 0 Å². The molecule has 1 atom stereocenters. The van der Waals surface area contributed by atoms with Crippen molar-refractivity contribution in [1.29, 1.82) is 0 Å². The van der Waals surface area contributed by atoms with E-state index in [0.29, 0.717) is 4.88 Å². The molecule has 28 heavy (non-hydrogen) atoms. The van der Waals surface area contributed by atoms with Crippen LogP contribution in [0.4, 0.5) is 4.39 Å². The normalized spacial score (nSPS) is 13.4. The molecule has 0 aliphatic rings. The molecule has 0 aliphatic carbocycles. The maximum atomic E-state index is 13.6. The number of ether oxygens (including phenoxy) is 1. The number of nitrogens with one attached hydrogen (secondary N) is 1. The van der Waals surface area contributed by atoms with Gasteiger partial charge in [0.15, 0.2) is 9.84 Å². The monoisotopic (exact) mass is 461 g/mol. The molecule has 0 saturated heterocycles. The fraction of sp³-hybridized carbons (Fsp3) is 0.176. The van der Waals surface area contributed by atoms with Crippen LogP contribution >= 0.6 is 22.7 Å². The van der Waals surface area contributed by atoms with Crippen molar-refractivity contribution in [1.82, 2.24) is 4.72 Å². The smallest absolute Gasteiger partial charge is 0.244 e. The van der Waals surface area contributed by atoms with Crippen molar-refractivity contribution in [3.8, 4) is 5.75 Å².